The Balaban J connectivity index is 0.000000380. The number of benzene rings is 2. The van der Waals surface area contributed by atoms with Crippen molar-refractivity contribution in [1.29, 1.82) is 0 Å². The van der Waals surface area contributed by atoms with Crippen LogP contribution >= 0.6 is 11.6 Å². The quantitative estimate of drug-likeness (QED) is 0.510. The van der Waals surface area contributed by atoms with Gasteiger partial charge in [-0.05, 0) is 25.0 Å². The maximum absolute atomic E-state index is 9.10. The number of halogens is 1. The third-order valence-corrected chi connectivity index (χ3v) is 4.28. The minimum absolute atomic E-state index is 0.376. The lowest BCUT2D eigenvalue weighted by Crippen LogP contribution is -2.29. The standard InChI is InChI=1S/C17H20ClNO2.C2H2O4/c18-16-7-8-17(15-6-2-1-5-14(15)16)21-11-9-19-12-13-4-3-10-20-13;3-1(4)2(5)6/h1-2,5-8,13,19H,3-4,9-12H2;(H,3,4)(H,5,6). The van der Waals surface area contributed by atoms with Crippen LogP contribution in [-0.4, -0.2) is 54.6 Å². The van der Waals surface area contributed by atoms with E-state index < -0.39 is 11.9 Å². The summed E-state index contributed by atoms with van der Waals surface area (Å²) in [5, 5.41) is 21.0. The van der Waals surface area contributed by atoms with E-state index in [1.54, 1.807) is 0 Å². The van der Waals surface area contributed by atoms with Gasteiger partial charge in [-0.2, -0.15) is 0 Å². The lowest BCUT2D eigenvalue weighted by Gasteiger charge is -2.13. The molecule has 0 amide bonds. The second kappa shape index (κ2) is 10.7. The summed E-state index contributed by atoms with van der Waals surface area (Å²) in [6, 6.07) is 11.9. The molecule has 2 aromatic carbocycles. The van der Waals surface area contributed by atoms with Gasteiger partial charge < -0.3 is 25.0 Å². The first-order valence-corrected chi connectivity index (χ1v) is 8.95. The highest BCUT2D eigenvalue weighted by molar-refractivity contribution is 6.35. The lowest BCUT2D eigenvalue weighted by molar-refractivity contribution is -0.159. The third kappa shape index (κ3) is 6.71. The number of ether oxygens (including phenoxy) is 2. The van der Waals surface area contributed by atoms with Gasteiger partial charge in [0.2, 0.25) is 0 Å². The first kappa shape index (κ1) is 21.0. The predicted octanol–water partition coefficient (Wildman–Crippen LogP) is 2.80. The summed E-state index contributed by atoms with van der Waals surface area (Å²) in [7, 11) is 0. The molecule has 2 aromatic rings. The van der Waals surface area contributed by atoms with Gasteiger partial charge >= 0.3 is 11.9 Å². The number of hydrogen-bond acceptors (Lipinski definition) is 5. The van der Waals surface area contributed by atoms with Crippen molar-refractivity contribution in [2.75, 3.05) is 26.3 Å². The van der Waals surface area contributed by atoms with E-state index >= 15 is 0 Å². The molecule has 1 unspecified atom stereocenters. The normalized spacial score (nSPS) is 15.8. The van der Waals surface area contributed by atoms with Crippen molar-refractivity contribution >= 4 is 34.3 Å². The van der Waals surface area contributed by atoms with E-state index in [1.807, 2.05) is 36.4 Å². The summed E-state index contributed by atoms with van der Waals surface area (Å²) >= 11 is 6.20. The van der Waals surface area contributed by atoms with Crippen molar-refractivity contribution in [3.05, 3.63) is 41.4 Å². The minimum atomic E-state index is -1.82. The number of carbonyl (C=O) groups is 2. The zero-order valence-electron chi connectivity index (χ0n) is 14.7. The van der Waals surface area contributed by atoms with Crippen LogP contribution < -0.4 is 10.1 Å². The molecule has 0 aliphatic carbocycles. The topological polar surface area (TPSA) is 105 Å². The molecular weight excluding hydrogens is 374 g/mol. The first-order chi connectivity index (χ1) is 13.0. The van der Waals surface area contributed by atoms with E-state index in [1.165, 1.54) is 6.42 Å². The fourth-order valence-corrected chi connectivity index (χ4v) is 2.89. The lowest BCUT2D eigenvalue weighted by atomic mass is 10.1. The molecule has 1 aliphatic heterocycles. The second-order valence-corrected chi connectivity index (χ2v) is 6.30. The molecule has 8 heteroatoms. The molecule has 3 rings (SSSR count). The SMILES string of the molecule is Clc1ccc(OCCNCC2CCCO2)c2ccccc12.O=C(O)C(=O)O. The average molecular weight is 396 g/mol. The zero-order valence-corrected chi connectivity index (χ0v) is 15.4. The fourth-order valence-electron chi connectivity index (χ4n) is 2.66. The van der Waals surface area contributed by atoms with Crippen molar-refractivity contribution in [2.45, 2.75) is 18.9 Å². The number of carboxylic acids is 2. The van der Waals surface area contributed by atoms with Gasteiger partial charge in [-0.3, -0.25) is 0 Å². The van der Waals surface area contributed by atoms with E-state index in [2.05, 4.69) is 5.32 Å². The number of aliphatic carboxylic acids is 2. The molecule has 3 N–H and O–H groups in total. The van der Waals surface area contributed by atoms with Gasteiger partial charge in [0.15, 0.2) is 0 Å². The molecule has 7 nitrogen and oxygen atoms in total. The van der Waals surface area contributed by atoms with Gasteiger partial charge in [0.1, 0.15) is 12.4 Å². The highest BCUT2D eigenvalue weighted by Gasteiger charge is 2.14. The van der Waals surface area contributed by atoms with E-state index in [-0.39, 0.29) is 0 Å². The van der Waals surface area contributed by atoms with E-state index in [4.69, 9.17) is 40.9 Å². The third-order valence-electron chi connectivity index (χ3n) is 3.95. The summed E-state index contributed by atoms with van der Waals surface area (Å²) in [6.45, 7) is 3.26. The molecule has 0 bridgehead atoms. The van der Waals surface area contributed by atoms with Crippen LogP contribution in [0.4, 0.5) is 0 Å². The average Bonchev–Trinajstić information content (AvgIpc) is 3.17. The van der Waals surface area contributed by atoms with Crippen molar-refractivity contribution in [3.63, 3.8) is 0 Å². The van der Waals surface area contributed by atoms with Crippen LogP contribution in [0, 0.1) is 0 Å². The van der Waals surface area contributed by atoms with E-state index in [9.17, 15) is 0 Å². The van der Waals surface area contributed by atoms with E-state index in [0.717, 1.165) is 47.7 Å². The van der Waals surface area contributed by atoms with Gasteiger partial charge in [-0.25, -0.2) is 9.59 Å². The first-order valence-electron chi connectivity index (χ1n) is 8.57. The Bertz CT molecular complexity index is 764. The van der Waals surface area contributed by atoms with Crippen molar-refractivity contribution in [1.82, 2.24) is 5.32 Å². The Labute approximate surface area is 161 Å². The van der Waals surface area contributed by atoms with Crippen LogP contribution in [0.1, 0.15) is 12.8 Å². The minimum Gasteiger partial charge on any atom is -0.492 e. The van der Waals surface area contributed by atoms with Crippen LogP contribution in [0.25, 0.3) is 10.8 Å². The molecule has 0 spiro atoms. The summed E-state index contributed by atoms with van der Waals surface area (Å²) < 4.78 is 11.4. The maximum Gasteiger partial charge on any atom is 0.414 e. The van der Waals surface area contributed by atoms with Crippen LogP contribution in [0.5, 0.6) is 5.75 Å². The van der Waals surface area contributed by atoms with Gasteiger partial charge in [-0.1, -0.05) is 35.9 Å². The molecule has 0 aromatic heterocycles. The Morgan fingerprint density at radius 1 is 1.15 bits per heavy atom. The molecule has 0 saturated carbocycles. The maximum atomic E-state index is 9.10. The van der Waals surface area contributed by atoms with Crippen molar-refractivity contribution in [3.8, 4) is 5.75 Å². The molecule has 27 heavy (non-hydrogen) atoms. The Kier molecular flexibility index (Phi) is 8.32. The molecular formula is C19H22ClNO6. The highest BCUT2D eigenvalue weighted by Crippen LogP contribution is 2.31. The van der Waals surface area contributed by atoms with E-state index in [0.29, 0.717) is 12.7 Å². The van der Waals surface area contributed by atoms with Crippen LogP contribution in [-0.2, 0) is 14.3 Å². The fraction of sp³-hybridized carbons (Fsp3) is 0.368. The molecule has 1 aliphatic rings. The summed E-state index contributed by atoms with van der Waals surface area (Å²) in [5.74, 6) is -2.76. The molecule has 1 heterocycles. The van der Waals surface area contributed by atoms with Crippen molar-refractivity contribution in [2.24, 2.45) is 0 Å². The molecule has 1 fully saturated rings. The number of rotatable bonds is 6. The van der Waals surface area contributed by atoms with Gasteiger partial charge in [0.25, 0.3) is 0 Å². The second-order valence-electron chi connectivity index (χ2n) is 5.89. The molecule has 1 saturated heterocycles. The van der Waals surface area contributed by atoms with Crippen molar-refractivity contribution < 1.29 is 29.3 Å². The molecule has 0 radical (unpaired) electrons. The summed E-state index contributed by atoms with van der Waals surface area (Å²) in [4.78, 5) is 18.2. The van der Waals surface area contributed by atoms with Crippen LogP contribution in [0.3, 0.4) is 0 Å². The monoisotopic (exact) mass is 395 g/mol. The zero-order chi connectivity index (χ0) is 19.6. The molecule has 146 valence electrons. The van der Waals surface area contributed by atoms with Crippen LogP contribution in [0.15, 0.2) is 36.4 Å². The largest absolute Gasteiger partial charge is 0.492 e. The Morgan fingerprint density at radius 2 is 1.85 bits per heavy atom. The number of nitrogens with one attached hydrogen (secondary N) is 1. The Hall–Kier alpha value is -2.35. The number of fused-ring (bicyclic) bond motifs is 1. The smallest absolute Gasteiger partial charge is 0.414 e. The highest BCUT2D eigenvalue weighted by atomic mass is 35.5. The summed E-state index contributed by atoms with van der Waals surface area (Å²) in [5.41, 5.74) is 0. The number of carboxylic acid groups (broad SMARTS) is 2. The van der Waals surface area contributed by atoms with Gasteiger partial charge in [-0.15, -0.1) is 0 Å². The van der Waals surface area contributed by atoms with Gasteiger partial charge in [0.05, 0.1) is 6.10 Å². The predicted molar refractivity (Wildman–Crippen MR) is 102 cm³/mol. The van der Waals surface area contributed by atoms with Crippen LogP contribution in [0.2, 0.25) is 5.02 Å². The Morgan fingerprint density at radius 3 is 2.48 bits per heavy atom. The number of hydrogen-bond donors (Lipinski definition) is 3. The summed E-state index contributed by atoms with van der Waals surface area (Å²) in [6.07, 6.45) is 2.72. The molecule has 1 atom stereocenters. The van der Waals surface area contributed by atoms with Gasteiger partial charge in [0, 0.05) is 35.5 Å².